The Kier molecular flexibility index (Phi) is 3.40. The predicted molar refractivity (Wildman–Crippen MR) is 81.8 cm³/mol. The van der Waals surface area contributed by atoms with Gasteiger partial charge in [0.1, 0.15) is 17.2 Å². The van der Waals surface area contributed by atoms with Crippen molar-refractivity contribution in [2.24, 2.45) is 0 Å². The molecule has 0 fully saturated rings. The first-order valence-electron chi connectivity index (χ1n) is 6.63. The van der Waals surface area contributed by atoms with Gasteiger partial charge >= 0.3 is 0 Å². The number of halogens is 1. The van der Waals surface area contributed by atoms with Crippen LogP contribution in [0.5, 0.6) is 0 Å². The molecule has 0 N–H and O–H groups in total. The molecular weight excluding hydrogens is 267 g/mol. The Morgan fingerprint density at radius 1 is 1.10 bits per heavy atom. The predicted octanol–water partition coefficient (Wildman–Crippen LogP) is 4.33. The topological polar surface area (TPSA) is 30.2 Å². The Bertz CT molecular complexity index is 878. The Morgan fingerprint density at radius 2 is 1.81 bits per heavy atom. The lowest BCUT2D eigenvalue weighted by Crippen LogP contribution is -2.10. The molecule has 0 radical (unpaired) electrons. The third kappa shape index (κ3) is 2.27. The smallest absolute Gasteiger partial charge is 0.196 e. The first-order valence-corrected chi connectivity index (χ1v) is 6.63. The summed E-state index contributed by atoms with van der Waals surface area (Å²) >= 11 is 0. The van der Waals surface area contributed by atoms with Crippen molar-refractivity contribution < 1.29 is 8.81 Å². The fourth-order valence-corrected chi connectivity index (χ4v) is 2.37. The highest BCUT2D eigenvalue weighted by atomic mass is 19.1. The van der Waals surface area contributed by atoms with Crippen LogP contribution in [-0.4, -0.2) is 0 Å². The normalized spacial score (nSPS) is 10.7. The largest absolute Gasteiger partial charge is 0.455 e. The van der Waals surface area contributed by atoms with Crippen LogP contribution in [0.3, 0.4) is 0 Å². The van der Waals surface area contributed by atoms with Crippen molar-refractivity contribution in [2.75, 3.05) is 0 Å². The zero-order chi connectivity index (χ0) is 14.8. The van der Waals surface area contributed by atoms with E-state index in [0.717, 1.165) is 0 Å². The second kappa shape index (κ2) is 5.37. The van der Waals surface area contributed by atoms with Gasteiger partial charge in [-0.2, -0.15) is 0 Å². The summed E-state index contributed by atoms with van der Waals surface area (Å²) in [5.41, 5.74) is 1.02. The number of hydrogen-bond donors (Lipinski definition) is 0. The quantitative estimate of drug-likeness (QED) is 0.668. The van der Waals surface area contributed by atoms with Crippen LogP contribution in [0.15, 0.2) is 70.4 Å². The molecule has 21 heavy (non-hydrogen) atoms. The van der Waals surface area contributed by atoms with Gasteiger partial charge in [0.25, 0.3) is 0 Å². The van der Waals surface area contributed by atoms with Gasteiger partial charge in [0.2, 0.25) is 0 Å². The summed E-state index contributed by atoms with van der Waals surface area (Å²) in [6, 6.07) is 13.2. The highest BCUT2D eigenvalue weighted by molar-refractivity contribution is 5.80. The molecule has 0 saturated carbocycles. The average molecular weight is 280 g/mol. The fraction of sp³-hybridized carbons (Fsp3) is 0.0556. The van der Waals surface area contributed by atoms with Crippen molar-refractivity contribution in [1.29, 1.82) is 0 Å². The number of para-hydroxylation sites is 1. The van der Waals surface area contributed by atoms with Crippen molar-refractivity contribution in [2.45, 2.75) is 6.42 Å². The van der Waals surface area contributed by atoms with E-state index < -0.39 is 5.82 Å². The molecule has 0 unspecified atom stereocenters. The van der Waals surface area contributed by atoms with Crippen molar-refractivity contribution in [3.63, 3.8) is 0 Å². The van der Waals surface area contributed by atoms with Crippen LogP contribution in [0.1, 0.15) is 5.56 Å². The molecule has 104 valence electrons. The maximum absolute atomic E-state index is 14.0. The molecule has 1 heterocycles. The molecule has 0 atom stereocenters. The van der Waals surface area contributed by atoms with E-state index in [-0.39, 0.29) is 16.8 Å². The maximum Gasteiger partial charge on any atom is 0.196 e. The monoisotopic (exact) mass is 280 g/mol. The molecule has 0 aliphatic carbocycles. The third-order valence-electron chi connectivity index (χ3n) is 3.36. The van der Waals surface area contributed by atoms with Crippen molar-refractivity contribution in [3.8, 4) is 11.3 Å². The van der Waals surface area contributed by atoms with E-state index in [2.05, 4.69) is 6.58 Å². The van der Waals surface area contributed by atoms with Crippen molar-refractivity contribution in [1.82, 2.24) is 0 Å². The zero-order valence-electron chi connectivity index (χ0n) is 11.3. The van der Waals surface area contributed by atoms with Gasteiger partial charge in [-0.15, -0.1) is 6.58 Å². The minimum atomic E-state index is -0.416. The number of allylic oxidation sites excluding steroid dienone is 1. The van der Waals surface area contributed by atoms with Gasteiger partial charge in [-0.25, -0.2) is 4.39 Å². The highest BCUT2D eigenvalue weighted by Gasteiger charge is 2.17. The lowest BCUT2D eigenvalue weighted by Gasteiger charge is -2.09. The number of benzene rings is 2. The highest BCUT2D eigenvalue weighted by Crippen LogP contribution is 2.28. The number of hydrogen-bond acceptors (Lipinski definition) is 2. The lowest BCUT2D eigenvalue weighted by atomic mass is 10.0. The molecule has 0 bridgehead atoms. The number of rotatable bonds is 3. The van der Waals surface area contributed by atoms with Gasteiger partial charge in [-0.1, -0.05) is 30.3 Å². The minimum absolute atomic E-state index is 0.144. The van der Waals surface area contributed by atoms with Crippen LogP contribution in [0.25, 0.3) is 22.3 Å². The summed E-state index contributed by atoms with van der Waals surface area (Å²) in [6.07, 6.45) is 1.95. The first kappa shape index (κ1) is 13.3. The molecule has 3 aromatic rings. The summed E-state index contributed by atoms with van der Waals surface area (Å²) in [4.78, 5) is 12.6. The number of fused-ring (bicyclic) bond motifs is 1. The Morgan fingerprint density at radius 3 is 2.57 bits per heavy atom. The molecule has 3 heteroatoms. The van der Waals surface area contributed by atoms with Gasteiger partial charge in [-0.3, -0.25) is 4.79 Å². The Balaban J connectivity index is 2.41. The van der Waals surface area contributed by atoms with E-state index in [4.69, 9.17) is 4.42 Å². The van der Waals surface area contributed by atoms with Gasteiger partial charge in [-0.05, 0) is 30.7 Å². The molecule has 2 aromatic carbocycles. The summed E-state index contributed by atoms with van der Waals surface area (Å²) < 4.78 is 19.8. The van der Waals surface area contributed by atoms with Crippen LogP contribution in [0, 0.1) is 5.82 Å². The molecule has 1 aromatic heterocycles. The molecule has 3 rings (SSSR count). The van der Waals surface area contributed by atoms with Crippen molar-refractivity contribution in [3.05, 3.63) is 82.8 Å². The van der Waals surface area contributed by atoms with Crippen LogP contribution < -0.4 is 5.43 Å². The zero-order valence-corrected chi connectivity index (χ0v) is 11.3. The second-order valence-electron chi connectivity index (χ2n) is 4.71. The summed E-state index contributed by atoms with van der Waals surface area (Å²) in [7, 11) is 0. The fourth-order valence-electron chi connectivity index (χ4n) is 2.37. The standard InChI is InChI=1S/C18H13FO2/c1-2-7-14-17(20)13-9-4-6-11-16(13)21-18(14)12-8-3-5-10-15(12)19/h2-6,8-11H,1,7H2. The van der Waals surface area contributed by atoms with E-state index in [1.165, 1.54) is 6.07 Å². The van der Waals surface area contributed by atoms with E-state index in [1.807, 2.05) is 0 Å². The summed E-state index contributed by atoms with van der Waals surface area (Å²) in [6.45, 7) is 3.66. The maximum atomic E-state index is 14.0. The van der Waals surface area contributed by atoms with E-state index in [9.17, 15) is 9.18 Å². The average Bonchev–Trinajstić information content (AvgIpc) is 2.51. The van der Waals surface area contributed by atoms with Gasteiger partial charge in [0.05, 0.1) is 10.9 Å². The van der Waals surface area contributed by atoms with E-state index in [0.29, 0.717) is 23.0 Å². The molecule has 0 aliphatic rings. The SMILES string of the molecule is C=CCc1c(-c2ccccc2F)oc2ccccc2c1=O. The molecule has 2 nitrogen and oxygen atoms in total. The summed E-state index contributed by atoms with van der Waals surface area (Å²) in [5, 5.41) is 0.495. The van der Waals surface area contributed by atoms with Crippen LogP contribution in [-0.2, 0) is 6.42 Å². The molecule has 0 aliphatic heterocycles. The van der Waals surface area contributed by atoms with Gasteiger partial charge in [0.15, 0.2) is 5.43 Å². The van der Waals surface area contributed by atoms with Crippen LogP contribution in [0.2, 0.25) is 0 Å². The Hall–Kier alpha value is -2.68. The lowest BCUT2D eigenvalue weighted by molar-refractivity contribution is 0.589. The molecule has 0 spiro atoms. The second-order valence-corrected chi connectivity index (χ2v) is 4.71. The molecule has 0 saturated heterocycles. The first-order chi connectivity index (χ1) is 10.2. The van der Waals surface area contributed by atoms with Crippen molar-refractivity contribution >= 4 is 11.0 Å². The molecular formula is C18H13FO2. The van der Waals surface area contributed by atoms with Crippen LogP contribution >= 0.6 is 0 Å². The van der Waals surface area contributed by atoms with Gasteiger partial charge < -0.3 is 4.42 Å². The third-order valence-corrected chi connectivity index (χ3v) is 3.36. The van der Waals surface area contributed by atoms with E-state index >= 15 is 0 Å². The minimum Gasteiger partial charge on any atom is -0.455 e. The van der Waals surface area contributed by atoms with Gasteiger partial charge in [0, 0.05) is 5.56 Å². The molecule has 0 amide bonds. The Labute approximate surface area is 121 Å². The van der Waals surface area contributed by atoms with E-state index in [1.54, 1.807) is 48.5 Å². The van der Waals surface area contributed by atoms with Crippen LogP contribution in [0.4, 0.5) is 4.39 Å². The summed E-state index contributed by atoms with van der Waals surface area (Å²) in [5.74, 6) is -0.141.